The van der Waals surface area contributed by atoms with Crippen molar-refractivity contribution in [1.29, 1.82) is 0 Å². The molecule has 0 aromatic heterocycles. The zero-order valence-corrected chi connectivity index (χ0v) is 14.1. The summed E-state index contributed by atoms with van der Waals surface area (Å²) in [6, 6.07) is 14.2. The third-order valence-electron chi connectivity index (χ3n) is 2.79. The van der Waals surface area contributed by atoms with Gasteiger partial charge in [-0.05, 0) is 61.6 Å². The SMILES string of the molecule is C[Si](C)(C)Oc1ccc(CN=CNc2ccc(F)cc2)cc1. The van der Waals surface area contributed by atoms with Crippen molar-refractivity contribution in [2.45, 2.75) is 26.2 Å². The second-order valence-electron chi connectivity index (χ2n) is 5.98. The Hall–Kier alpha value is -2.14. The maximum absolute atomic E-state index is 12.8. The number of halogens is 1. The summed E-state index contributed by atoms with van der Waals surface area (Å²) in [5, 5.41) is 3.01. The normalized spacial score (nSPS) is 11.6. The van der Waals surface area contributed by atoms with E-state index in [0.29, 0.717) is 6.54 Å². The number of nitrogens with one attached hydrogen (secondary N) is 1. The van der Waals surface area contributed by atoms with Gasteiger partial charge in [-0.2, -0.15) is 0 Å². The molecule has 2 aromatic rings. The van der Waals surface area contributed by atoms with E-state index < -0.39 is 8.32 Å². The fraction of sp³-hybridized carbons (Fsp3) is 0.235. The first-order chi connectivity index (χ1) is 10.4. The van der Waals surface area contributed by atoms with Crippen molar-refractivity contribution in [2.24, 2.45) is 4.99 Å². The van der Waals surface area contributed by atoms with E-state index in [1.54, 1.807) is 18.5 Å². The summed E-state index contributed by atoms with van der Waals surface area (Å²) < 4.78 is 18.7. The molecule has 0 unspecified atom stereocenters. The van der Waals surface area contributed by atoms with Crippen molar-refractivity contribution in [2.75, 3.05) is 5.32 Å². The zero-order valence-electron chi connectivity index (χ0n) is 13.1. The van der Waals surface area contributed by atoms with E-state index in [4.69, 9.17) is 4.43 Å². The molecule has 1 N–H and O–H groups in total. The predicted molar refractivity (Wildman–Crippen MR) is 92.6 cm³/mol. The molecule has 116 valence electrons. The number of nitrogens with zero attached hydrogens (tertiary/aromatic N) is 1. The van der Waals surface area contributed by atoms with Gasteiger partial charge in [0.2, 0.25) is 8.32 Å². The van der Waals surface area contributed by atoms with Gasteiger partial charge in [-0.25, -0.2) is 4.39 Å². The first kappa shape index (κ1) is 16.2. The van der Waals surface area contributed by atoms with Gasteiger partial charge in [-0.3, -0.25) is 4.99 Å². The van der Waals surface area contributed by atoms with Gasteiger partial charge in [0.15, 0.2) is 0 Å². The molecule has 0 radical (unpaired) electrons. The topological polar surface area (TPSA) is 33.6 Å². The van der Waals surface area contributed by atoms with Crippen molar-refractivity contribution in [3.63, 3.8) is 0 Å². The third-order valence-corrected chi connectivity index (χ3v) is 3.64. The molecule has 0 aliphatic heterocycles. The molecule has 0 atom stereocenters. The Morgan fingerprint density at radius 2 is 1.68 bits per heavy atom. The number of hydrogen-bond donors (Lipinski definition) is 1. The van der Waals surface area contributed by atoms with Crippen molar-refractivity contribution in [3.8, 4) is 5.75 Å². The molecule has 0 saturated carbocycles. The molecule has 0 aliphatic carbocycles. The van der Waals surface area contributed by atoms with Crippen molar-refractivity contribution >= 4 is 20.3 Å². The molecular weight excluding hydrogens is 295 g/mol. The van der Waals surface area contributed by atoms with Crippen molar-refractivity contribution in [3.05, 3.63) is 59.9 Å². The summed E-state index contributed by atoms with van der Waals surface area (Å²) in [5.74, 6) is 0.666. The van der Waals surface area contributed by atoms with Gasteiger partial charge in [0.05, 0.1) is 12.9 Å². The highest BCUT2D eigenvalue weighted by molar-refractivity contribution is 6.70. The van der Waals surface area contributed by atoms with E-state index in [1.807, 2.05) is 24.3 Å². The molecule has 0 spiro atoms. The van der Waals surface area contributed by atoms with Crippen LogP contribution in [-0.2, 0) is 6.54 Å². The maximum atomic E-state index is 12.8. The molecule has 5 heteroatoms. The standard InChI is InChI=1S/C17H21FN2OSi/c1-22(2,3)21-17-10-4-14(5-11-17)12-19-13-20-16-8-6-15(18)7-9-16/h4-11,13H,12H2,1-3H3,(H,19,20). The minimum absolute atomic E-state index is 0.247. The van der Waals surface area contributed by atoms with E-state index in [-0.39, 0.29) is 5.82 Å². The monoisotopic (exact) mass is 316 g/mol. The lowest BCUT2D eigenvalue weighted by Gasteiger charge is -2.19. The first-order valence-electron chi connectivity index (χ1n) is 7.21. The number of aliphatic imine (C=N–C) groups is 1. The van der Waals surface area contributed by atoms with Crippen LogP contribution < -0.4 is 9.74 Å². The van der Waals surface area contributed by atoms with Gasteiger partial charge in [-0.15, -0.1) is 0 Å². The second-order valence-corrected chi connectivity index (χ2v) is 10.4. The summed E-state index contributed by atoms with van der Waals surface area (Å²) in [5.41, 5.74) is 1.92. The number of rotatable bonds is 6. The lowest BCUT2D eigenvalue weighted by atomic mass is 10.2. The Kier molecular flexibility index (Phi) is 5.33. The summed E-state index contributed by atoms with van der Waals surface area (Å²) in [6.45, 7) is 7.06. The lowest BCUT2D eigenvalue weighted by molar-refractivity contribution is 0.557. The molecule has 0 fully saturated rings. The second kappa shape index (κ2) is 7.22. The molecule has 3 nitrogen and oxygen atoms in total. The third kappa shape index (κ3) is 5.69. The quantitative estimate of drug-likeness (QED) is 0.477. The van der Waals surface area contributed by atoms with Crippen molar-refractivity contribution < 1.29 is 8.82 Å². The number of anilines is 1. The van der Waals surface area contributed by atoms with Gasteiger partial charge in [0.1, 0.15) is 11.6 Å². The van der Waals surface area contributed by atoms with E-state index >= 15 is 0 Å². The smallest absolute Gasteiger partial charge is 0.242 e. The molecule has 0 saturated heterocycles. The van der Waals surface area contributed by atoms with Crippen LogP contribution in [0.15, 0.2) is 53.5 Å². The highest BCUT2D eigenvalue weighted by Crippen LogP contribution is 2.17. The summed E-state index contributed by atoms with van der Waals surface area (Å²) in [6.07, 6.45) is 1.62. The Morgan fingerprint density at radius 1 is 1.05 bits per heavy atom. The first-order valence-corrected chi connectivity index (χ1v) is 10.6. The minimum Gasteiger partial charge on any atom is -0.544 e. The Labute approximate surface area is 132 Å². The van der Waals surface area contributed by atoms with Crippen LogP contribution in [-0.4, -0.2) is 14.7 Å². The molecule has 0 heterocycles. The molecule has 2 rings (SSSR count). The molecule has 0 aliphatic rings. The fourth-order valence-electron chi connectivity index (χ4n) is 1.83. The van der Waals surface area contributed by atoms with Crippen LogP contribution in [0.3, 0.4) is 0 Å². The van der Waals surface area contributed by atoms with Crippen molar-refractivity contribution in [1.82, 2.24) is 0 Å². The van der Waals surface area contributed by atoms with Gasteiger partial charge >= 0.3 is 0 Å². The average Bonchev–Trinajstić information content (AvgIpc) is 2.45. The summed E-state index contributed by atoms with van der Waals surface area (Å²) in [4.78, 5) is 4.30. The predicted octanol–water partition coefficient (Wildman–Crippen LogP) is 4.68. The summed E-state index contributed by atoms with van der Waals surface area (Å²) in [7, 11) is -1.55. The van der Waals surface area contributed by atoms with Gasteiger partial charge in [0, 0.05) is 5.69 Å². The van der Waals surface area contributed by atoms with Gasteiger partial charge in [0.25, 0.3) is 0 Å². The number of hydrogen-bond acceptors (Lipinski definition) is 2. The molecular formula is C17H21FN2OSi. The lowest BCUT2D eigenvalue weighted by Crippen LogP contribution is -2.29. The minimum atomic E-state index is -1.55. The van der Waals surface area contributed by atoms with E-state index in [0.717, 1.165) is 17.0 Å². The molecule has 0 amide bonds. The van der Waals surface area contributed by atoms with Crippen LogP contribution in [0.2, 0.25) is 19.6 Å². The van der Waals surface area contributed by atoms with E-state index in [2.05, 4.69) is 30.0 Å². The van der Waals surface area contributed by atoms with Crippen LogP contribution in [0, 0.1) is 5.82 Å². The van der Waals surface area contributed by atoms with Gasteiger partial charge in [-0.1, -0.05) is 12.1 Å². The Balaban J connectivity index is 1.83. The van der Waals surface area contributed by atoms with Crippen LogP contribution in [0.5, 0.6) is 5.75 Å². The number of benzene rings is 2. The fourth-order valence-corrected chi connectivity index (χ4v) is 2.68. The largest absolute Gasteiger partial charge is 0.544 e. The van der Waals surface area contributed by atoms with Crippen LogP contribution in [0.25, 0.3) is 0 Å². The van der Waals surface area contributed by atoms with Crippen LogP contribution in [0.1, 0.15) is 5.56 Å². The van der Waals surface area contributed by atoms with E-state index in [9.17, 15) is 4.39 Å². The van der Waals surface area contributed by atoms with Crippen LogP contribution in [0.4, 0.5) is 10.1 Å². The molecule has 22 heavy (non-hydrogen) atoms. The zero-order chi connectivity index (χ0) is 16.0. The molecule has 2 aromatic carbocycles. The van der Waals surface area contributed by atoms with Gasteiger partial charge < -0.3 is 9.74 Å². The average molecular weight is 316 g/mol. The highest BCUT2D eigenvalue weighted by Gasteiger charge is 2.15. The van der Waals surface area contributed by atoms with E-state index in [1.165, 1.54) is 12.1 Å². The Bertz CT molecular complexity index is 619. The summed E-state index contributed by atoms with van der Waals surface area (Å²) >= 11 is 0. The molecule has 0 bridgehead atoms. The maximum Gasteiger partial charge on any atom is 0.242 e. The highest BCUT2D eigenvalue weighted by atomic mass is 28.4. The Morgan fingerprint density at radius 3 is 2.27 bits per heavy atom. The van der Waals surface area contributed by atoms with Crippen LogP contribution >= 0.6 is 0 Å².